The second kappa shape index (κ2) is 9.28. The molecule has 0 atom stereocenters. The molecule has 6 heavy (non-hydrogen) atoms. The molecular formula is C3H6KNO. The van der Waals surface area contributed by atoms with Crippen molar-refractivity contribution in [2.75, 3.05) is 0 Å². The van der Waals surface area contributed by atoms with Crippen molar-refractivity contribution in [2.24, 2.45) is 0 Å². The molecule has 0 aromatic heterocycles. The predicted octanol–water partition coefficient (Wildman–Crippen LogP) is -3.01. The third kappa shape index (κ3) is 8.85. The first-order valence-corrected chi connectivity index (χ1v) is 1.22. The molecule has 0 radical (unpaired) electrons. The zero-order chi connectivity index (χ0) is 4.12. The fraction of sp³-hybridized carbons (Fsp3) is 0. The van der Waals surface area contributed by atoms with Gasteiger partial charge in [-0.2, -0.15) is 0 Å². The van der Waals surface area contributed by atoms with E-state index in [2.05, 4.69) is 11.9 Å². The Hall–Kier alpha value is 0.846. The number of hydrogen-bond acceptors (Lipinski definition) is 1. The van der Waals surface area contributed by atoms with Gasteiger partial charge in [-0.25, -0.2) is 0 Å². The molecule has 0 rings (SSSR count). The summed E-state index contributed by atoms with van der Waals surface area (Å²) >= 11 is 0. The summed E-state index contributed by atoms with van der Waals surface area (Å²) in [6.45, 7) is 3.21. The van der Waals surface area contributed by atoms with Gasteiger partial charge in [-0.1, -0.05) is 6.58 Å². The third-order valence-electron chi connectivity index (χ3n) is 0.186. The topological polar surface area (TPSA) is 29.1 Å². The van der Waals surface area contributed by atoms with E-state index >= 15 is 0 Å². The summed E-state index contributed by atoms with van der Waals surface area (Å²) in [6.07, 6.45) is 1.88. The van der Waals surface area contributed by atoms with Crippen LogP contribution in [-0.4, -0.2) is 6.41 Å². The van der Waals surface area contributed by atoms with Crippen LogP contribution in [0.1, 0.15) is 1.43 Å². The number of nitrogens with one attached hydrogen (secondary N) is 1. The maximum absolute atomic E-state index is 9.22. The van der Waals surface area contributed by atoms with Crippen LogP contribution in [0.5, 0.6) is 0 Å². The van der Waals surface area contributed by atoms with Gasteiger partial charge in [0.25, 0.3) is 0 Å². The molecule has 0 aliphatic carbocycles. The Bertz CT molecular complexity index is 44.2. The average Bonchev–Trinajstić information content (AvgIpc) is 1.41. The Balaban J connectivity index is -0.0000000800. The minimum atomic E-state index is 0. The molecule has 0 aliphatic rings. The number of carbonyl (C=O) groups is 1. The molecule has 3 heteroatoms. The number of carbonyl (C=O) groups excluding carboxylic acids is 1. The zero-order valence-electron chi connectivity index (χ0n) is 4.77. The minimum absolute atomic E-state index is 0. The van der Waals surface area contributed by atoms with Crippen molar-refractivity contribution in [3.05, 3.63) is 12.8 Å². The van der Waals surface area contributed by atoms with Crippen LogP contribution in [0.2, 0.25) is 0 Å². The second-order valence-electron chi connectivity index (χ2n) is 0.489. The molecular weight excluding hydrogens is 105 g/mol. The van der Waals surface area contributed by atoms with Crippen LogP contribution in [0.3, 0.4) is 0 Å². The predicted molar refractivity (Wildman–Crippen MR) is 20.5 cm³/mol. The van der Waals surface area contributed by atoms with Crippen molar-refractivity contribution in [2.45, 2.75) is 0 Å². The Morgan fingerprint density at radius 1 is 1.83 bits per heavy atom. The molecule has 0 aromatic carbocycles. The number of amides is 1. The van der Waals surface area contributed by atoms with Gasteiger partial charge < -0.3 is 6.74 Å². The largest absolute Gasteiger partial charge is 1.00 e. The first-order chi connectivity index (χ1) is 2.41. The molecule has 0 fully saturated rings. The van der Waals surface area contributed by atoms with Crippen molar-refractivity contribution in [1.29, 1.82) is 0 Å². The molecule has 1 amide bonds. The first kappa shape index (κ1) is 9.96. The molecule has 2 nitrogen and oxygen atoms in total. The van der Waals surface area contributed by atoms with Gasteiger partial charge in [0, 0.05) is 0 Å². The summed E-state index contributed by atoms with van der Waals surface area (Å²) in [7, 11) is 0. The molecule has 0 aromatic rings. The molecule has 0 unspecified atom stereocenters. The normalized spacial score (nSPS) is 4.67. The van der Waals surface area contributed by atoms with Crippen molar-refractivity contribution in [3.8, 4) is 0 Å². The Morgan fingerprint density at radius 2 is 2.33 bits per heavy atom. The maximum Gasteiger partial charge on any atom is 1.00 e. The van der Waals surface area contributed by atoms with E-state index < -0.39 is 0 Å². The van der Waals surface area contributed by atoms with Gasteiger partial charge >= 0.3 is 51.4 Å². The Labute approximate surface area is 80.9 Å². The van der Waals surface area contributed by atoms with Crippen LogP contribution in [0.25, 0.3) is 0 Å². The summed E-state index contributed by atoms with van der Waals surface area (Å²) < 4.78 is 0. The van der Waals surface area contributed by atoms with Crippen LogP contribution in [-0.2, 0) is 4.79 Å². The van der Waals surface area contributed by atoms with Crippen LogP contribution in [0.4, 0.5) is 0 Å². The maximum atomic E-state index is 9.22. The third-order valence-corrected chi connectivity index (χ3v) is 0.186. The van der Waals surface area contributed by atoms with E-state index in [0.717, 1.165) is 0 Å². The van der Waals surface area contributed by atoms with Gasteiger partial charge in [0.2, 0.25) is 6.41 Å². The van der Waals surface area contributed by atoms with Gasteiger partial charge in [-0.05, 0) is 6.20 Å². The van der Waals surface area contributed by atoms with Crippen LogP contribution < -0.4 is 56.7 Å². The van der Waals surface area contributed by atoms with Crippen molar-refractivity contribution < 1.29 is 57.6 Å². The van der Waals surface area contributed by atoms with Gasteiger partial charge in [0.15, 0.2) is 0 Å². The van der Waals surface area contributed by atoms with E-state index in [1.165, 1.54) is 6.20 Å². The second-order valence-corrected chi connectivity index (χ2v) is 0.489. The van der Waals surface area contributed by atoms with Crippen LogP contribution >= 0.6 is 0 Å². The molecule has 0 spiro atoms. The smallest absolute Gasteiger partial charge is 1.00 e. The molecule has 0 heterocycles. The van der Waals surface area contributed by atoms with Crippen molar-refractivity contribution in [3.63, 3.8) is 0 Å². The minimum Gasteiger partial charge on any atom is -1.00 e. The summed E-state index contributed by atoms with van der Waals surface area (Å²) in [6, 6.07) is 0. The number of rotatable bonds is 2. The van der Waals surface area contributed by atoms with Gasteiger partial charge in [-0.3, -0.25) is 4.79 Å². The molecule has 0 saturated heterocycles. The van der Waals surface area contributed by atoms with E-state index in [1.807, 2.05) is 0 Å². The van der Waals surface area contributed by atoms with Crippen LogP contribution in [0.15, 0.2) is 12.8 Å². The summed E-state index contributed by atoms with van der Waals surface area (Å²) in [5.41, 5.74) is 0. The van der Waals surface area contributed by atoms with E-state index in [4.69, 9.17) is 0 Å². The summed E-state index contributed by atoms with van der Waals surface area (Å²) in [5, 5.41) is 2.19. The van der Waals surface area contributed by atoms with Gasteiger partial charge in [0.1, 0.15) is 0 Å². The summed E-state index contributed by atoms with van der Waals surface area (Å²) in [4.78, 5) is 9.22. The molecule has 0 aliphatic heterocycles. The standard InChI is InChI=1S/C3H5NO.K.H/c1-2-4-3-5;;/h2-3H,1H2,(H,4,5);;/q;+1;-1. The van der Waals surface area contributed by atoms with E-state index in [1.54, 1.807) is 0 Å². The molecule has 0 saturated carbocycles. The van der Waals surface area contributed by atoms with Crippen molar-refractivity contribution in [1.82, 2.24) is 5.32 Å². The van der Waals surface area contributed by atoms with E-state index in [9.17, 15) is 4.79 Å². The molecule has 30 valence electrons. The van der Waals surface area contributed by atoms with E-state index in [0.29, 0.717) is 6.41 Å². The average molecular weight is 111 g/mol. The summed E-state index contributed by atoms with van der Waals surface area (Å²) in [5.74, 6) is 0. The van der Waals surface area contributed by atoms with Gasteiger partial charge in [-0.15, -0.1) is 0 Å². The Kier molecular flexibility index (Phi) is 15.4. The van der Waals surface area contributed by atoms with Crippen LogP contribution in [0, 0.1) is 0 Å². The number of hydrogen-bond donors (Lipinski definition) is 1. The SMILES string of the molecule is C=CNC=O.[H-].[K+]. The fourth-order valence-electron chi connectivity index (χ4n) is 0.0481. The monoisotopic (exact) mass is 111 g/mol. The van der Waals surface area contributed by atoms with E-state index in [-0.39, 0.29) is 52.8 Å². The van der Waals surface area contributed by atoms with Gasteiger partial charge in [0.05, 0.1) is 0 Å². The first-order valence-electron chi connectivity index (χ1n) is 1.22. The fourth-order valence-corrected chi connectivity index (χ4v) is 0.0481. The Morgan fingerprint density at radius 3 is 2.33 bits per heavy atom. The van der Waals surface area contributed by atoms with Crippen molar-refractivity contribution >= 4 is 6.41 Å². The quantitative estimate of drug-likeness (QED) is 0.298. The zero-order valence-corrected chi connectivity index (χ0v) is 6.89. The molecule has 1 N–H and O–H groups in total. The molecule has 0 bridgehead atoms.